The van der Waals surface area contributed by atoms with E-state index in [0.717, 1.165) is 0 Å². The average molecular weight is 373 g/mol. The van der Waals surface area contributed by atoms with E-state index < -0.39 is 24.4 Å². The van der Waals surface area contributed by atoms with Gasteiger partial charge in [-0.3, -0.25) is 20.4 Å². The van der Waals surface area contributed by atoms with Crippen molar-refractivity contribution in [1.29, 1.82) is 0 Å². The largest absolute Gasteiger partial charge is 0.452 e. The maximum absolute atomic E-state index is 11.8. The van der Waals surface area contributed by atoms with Gasteiger partial charge >= 0.3 is 5.97 Å². The molecule has 0 aliphatic rings. The van der Waals surface area contributed by atoms with Gasteiger partial charge in [0.05, 0.1) is 15.5 Å². The van der Waals surface area contributed by atoms with E-state index in [1.807, 2.05) is 0 Å². The number of ether oxygens (including phenoxy) is 1. The van der Waals surface area contributed by atoms with Crippen LogP contribution in [-0.2, 0) is 9.53 Å². The van der Waals surface area contributed by atoms with E-state index in [4.69, 9.17) is 27.9 Å². The van der Waals surface area contributed by atoms with Gasteiger partial charge in [-0.1, -0.05) is 29.3 Å². The Balaban J connectivity index is 1.80. The van der Waals surface area contributed by atoms with E-state index in [-0.39, 0.29) is 10.6 Å². The number of rotatable bonds is 4. The summed E-state index contributed by atoms with van der Waals surface area (Å²) in [5.41, 5.74) is 4.43. The first kappa shape index (κ1) is 17.3. The van der Waals surface area contributed by atoms with Crippen molar-refractivity contribution in [3.63, 3.8) is 0 Å². The van der Waals surface area contributed by atoms with Crippen molar-refractivity contribution in [2.45, 2.75) is 0 Å². The van der Waals surface area contributed by atoms with Gasteiger partial charge in [0.2, 0.25) is 0 Å². The van der Waals surface area contributed by atoms with Crippen molar-refractivity contribution in [3.05, 3.63) is 56.2 Å². The van der Waals surface area contributed by atoms with Crippen LogP contribution in [0.4, 0.5) is 0 Å². The number of benzene rings is 1. The van der Waals surface area contributed by atoms with E-state index in [1.165, 1.54) is 29.5 Å². The molecule has 2 aromatic rings. The van der Waals surface area contributed by atoms with Crippen LogP contribution in [0.1, 0.15) is 20.0 Å². The highest BCUT2D eigenvalue weighted by atomic mass is 35.5. The molecule has 6 nitrogen and oxygen atoms in total. The molecular weight excluding hydrogens is 363 g/mol. The fourth-order valence-corrected chi connectivity index (χ4v) is 2.60. The molecule has 0 saturated heterocycles. The Kier molecular flexibility index (Phi) is 5.97. The van der Waals surface area contributed by atoms with Crippen LogP contribution < -0.4 is 10.9 Å². The molecule has 1 heterocycles. The SMILES string of the molecule is O=C(COC(=O)c1ccc(Cl)cc1Cl)NNC(=O)c1cccs1. The van der Waals surface area contributed by atoms with Crippen molar-refractivity contribution in [3.8, 4) is 0 Å². The molecule has 0 fully saturated rings. The van der Waals surface area contributed by atoms with Crippen molar-refractivity contribution >= 4 is 52.3 Å². The Morgan fingerprint density at radius 3 is 2.57 bits per heavy atom. The number of nitrogens with one attached hydrogen (secondary N) is 2. The second kappa shape index (κ2) is 7.96. The maximum Gasteiger partial charge on any atom is 0.340 e. The normalized spacial score (nSPS) is 10.0. The standard InChI is InChI=1S/C14H10Cl2N2O4S/c15-8-3-4-9(10(16)6-8)14(21)22-7-12(19)17-18-13(20)11-2-1-5-23-11/h1-6H,7H2,(H,17,19)(H,18,20). The highest BCUT2D eigenvalue weighted by Gasteiger charge is 2.14. The predicted molar refractivity (Wildman–Crippen MR) is 86.7 cm³/mol. The van der Waals surface area contributed by atoms with Crippen LogP contribution in [-0.4, -0.2) is 24.4 Å². The lowest BCUT2D eigenvalue weighted by molar-refractivity contribution is -0.125. The molecule has 0 saturated carbocycles. The van der Waals surface area contributed by atoms with Gasteiger partial charge in [0.15, 0.2) is 6.61 Å². The first-order valence-electron chi connectivity index (χ1n) is 6.22. The third kappa shape index (κ3) is 4.95. The molecule has 0 spiro atoms. The summed E-state index contributed by atoms with van der Waals surface area (Å²) >= 11 is 12.8. The van der Waals surface area contributed by atoms with Gasteiger partial charge in [0, 0.05) is 5.02 Å². The van der Waals surface area contributed by atoms with Crippen molar-refractivity contribution in [2.24, 2.45) is 0 Å². The van der Waals surface area contributed by atoms with Crippen LogP contribution in [0.15, 0.2) is 35.7 Å². The predicted octanol–water partition coefficient (Wildman–Crippen LogP) is 2.67. The fraction of sp³-hybridized carbons (Fsp3) is 0.0714. The van der Waals surface area contributed by atoms with Crippen LogP contribution in [0.25, 0.3) is 0 Å². The molecule has 0 radical (unpaired) electrons. The third-order valence-corrected chi connectivity index (χ3v) is 3.96. The number of halogens is 2. The van der Waals surface area contributed by atoms with Crippen LogP contribution in [0.2, 0.25) is 10.0 Å². The molecule has 2 N–H and O–H groups in total. The Bertz CT molecular complexity index is 734. The molecule has 0 aliphatic carbocycles. The number of carbonyl (C=O) groups excluding carboxylic acids is 3. The third-order valence-electron chi connectivity index (χ3n) is 2.55. The highest BCUT2D eigenvalue weighted by molar-refractivity contribution is 7.12. The van der Waals surface area contributed by atoms with Gasteiger partial charge in [0.1, 0.15) is 0 Å². The minimum atomic E-state index is -0.772. The molecule has 1 aromatic carbocycles. The van der Waals surface area contributed by atoms with Crippen LogP contribution in [0.3, 0.4) is 0 Å². The quantitative estimate of drug-likeness (QED) is 0.638. The molecule has 2 amide bonds. The number of hydrogen-bond donors (Lipinski definition) is 2. The van der Waals surface area contributed by atoms with Gasteiger partial charge in [-0.05, 0) is 29.6 Å². The fourth-order valence-electron chi connectivity index (χ4n) is 1.50. The number of hydrazine groups is 1. The lowest BCUT2D eigenvalue weighted by Gasteiger charge is -2.08. The van der Waals surface area contributed by atoms with Crippen LogP contribution in [0.5, 0.6) is 0 Å². The molecule has 0 bridgehead atoms. The lowest BCUT2D eigenvalue weighted by Crippen LogP contribution is -2.43. The van der Waals surface area contributed by atoms with Gasteiger partial charge < -0.3 is 4.74 Å². The summed E-state index contributed by atoms with van der Waals surface area (Å²) in [6.07, 6.45) is 0. The summed E-state index contributed by atoms with van der Waals surface area (Å²) < 4.78 is 4.81. The second-order valence-electron chi connectivity index (χ2n) is 4.18. The summed E-state index contributed by atoms with van der Waals surface area (Å²) in [4.78, 5) is 35.4. The zero-order valence-corrected chi connectivity index (χ0v) is 13.8. The van der Waals surface area contributed by atoms with Crippen LogP contribution >= 0.6 is 34.5 Å². The van der Waals surface area contributed by atoms with Gasteiger partial charge in [-0.25, -0.2) is 4.79 Å². The van der Waals surface area contributed by atoms with E-state index in [9.17, 15) is 14.4 Å². The Morgan fingerprint density at radius 2 is 1.91 bits per heavy atom. The van der Waals surface area contributed by atoms with Crippen LogP contribution in [0, 0.1) is 0 Å². The Labute approximate surface area is 145 Å². The summed E-state index contributed by atoms with van der Waals surface area (Å²) in [6, 6.07) is 7.57. The molecule has 0 atom stereocenters. The van der Waals surface area contributed by atoms with E-state index >= 15 is 0 Å². The molecular formula is C14H10Cl2N2O4S. The summed E-state index contributed by atoms with van der Waals surface area (Å²) in [5, 5.41) is 2.23. The van der Waals surface area contributed by atoms with E-state index in [2.05, 4.69) is 10.9 Å². The van der Waals surface area contributed by atoms with Crippen molar-refractivity contribution in [2.75, 3.05) is 6.61 Å². The van der Waals surface area contributed by atoms with E-state index in [1.54, 1.807) is 17.5 Å². The minimum absolute atomic E-state index is 0.0893. The number of esters is 1. The van der Waals surface area contributed by atoms with Gasteiger partial charge in [0.25, 0.3) is 11.8 Å². The monoisotopic (exact) mass is 372 g/mol. The molecule has 1 aromatic heterocycles. The van der Waals surface area contributed by atoms with E-state index in [0.29, 0.717) is 9.90 Å². The molecule has 23 heavy (non-hydrogen) atoms. The number of hydrogen-bond acceptors (Lipinski definition) is 5. The van der Waals surface area contributed by atoms with Gasteiger partial charge in [-0.15, -0.1) is 11.3 Å². The number of thiophene rings is 1. The molecule has 0 unspecified atom stereocenters. The Hall–Kier alpha value is -2.09. The van der Waals surface area contributed by atoms with Crippen molar-refractivity contribution < 1.29 is 19.1 Å². The number of carbonyl (C=O) groups is 3. The maximum atomic E-state index is 11.8. The zero-order valence-electron chi connectivity index (χ0n) is 11.5. The number of amides is 2. The zero-order chi connectivity index (χ0) is 16.8. The molecule has 9 heteroatoms. The summed E-state index contributed by atoms with van der Waals surface area (Å²) in [5.74, 6) is -1.92. The summed E-state index contributed by atoms with van der Waals surface area (Å²) in [6.45, 7) is -0.567. The smallest absolute Gasteiger partial charge is 0.340 e. The summed E-state index contributed by atoms with van der Waals surface area (Å²) in [7, 11) is 0. The highest BCUT2D eigenvalue weighted by Crippen LogP contribution is 2.21. The lowest BCUT2D eigenvalue weighted by atomic mass is 10.2. The molecule has 120 valence electrons. The minimum Gasteiger partial charge on any atom is -0.452 e. The molecule has 2 rings (SSSR count). The first-order chi connectivity index (χ1) is 11.0. The Morgan fingerprint density at radius 1 is 1.13 bits per heavy atom. The molecule has 0 aliphatic heterocycles. The topological polar surface area (TPSA) is 84.5 Å². The van der Waals surface area contributed by atoms with Gasteiger partial charge in [-0.2, -0.15) is 0 Å². The average Bonchev–Trinajstić information content (AvgIpc) is 3.04. The second-order valence-corrected chi connectivity index (χ2v) is 5.97. The van der Waals surface area contributed by atoms with Crippen molar-refractivity contribution in [1.82, 2.24) is 10.9 Å². The first-order valence-corrected chi connectivity index (χ1v) is 7.86.